The van der Waals surface area contributed by atoms with E-state index in [9.17, 15) is 0 Å². The molecule has 1 nitrogen and oxygen atoms in total. The van der Waals surface area contributed by atoms with Crippen molar-refractivity contribution in [2.45, 2.75) is 16.9 Å². The zero-order valence-corrected chi connectivity index (χ0v) is 7.04. The summed E-state index contributed by atoms with van der Waals surface area (Å²) in [5.74, 6) is 0. The molecule has 0 spiro atoms. The monoisotopic (exact) mass is 169 g/mol. The SMILES string of the molecule is NCCC[Si]C(Cl)Cl. The fraction of sp³-hybridized carbons (Fsp3) is 1.00. The second-order valence-corrected chi connectivity index (χ2v) is 4.71. The topological polar surface area (TPSA) is 26.0 Å². The molecule has 0 amide bonds. The van der Waals surface area contributed by atoms with Crippen molar-refractivity contribution in [3.05, 3.63) is 0 Å². The molecule has 0 saturated heterocycles. The van der Waals surface area contributed by atoms with E-state index in [1.54, 1.807) is 0 Å². The van der Waals surface area contributed by atoms with Crippen LogP contribution < -0.4 is 5.73 Å². The molecular formula is C4H9Cl2NSi. The fourth-order valence-electron chi connectivity index (χ4n) is 0.313. The van der Waals surface area contributed by atoms with Gasteiger partial charge in [0.25, 0.3) is 0 Å². The van der Waals surface area contributed by atoms with Crippen LogP contribution in [0.4, 0.5) is 0 Å². The van der Waals surface area contributed by atoms with Crippen LogP contribution in [0.3, 0.4) is 0 Å². The molecule has 0 bridgehead atoms. The standard InChI is InChI=1S/C4H9Cl2NSi/c5-4(6)8-3-1-2-7/h4H,1-3,7H2. The molecule has 48 valence electrons. The lowest BCUT2D eigenvalue weighted by molar-refractivity contribution is 0.924. The molecule has 0 heterocycles. The van der Waals surface area contributed by atoms with Crippen molar-refractivity contribution in [3.8, 4) is 0 Å². The molecule has 0 aliphatic heterocycles. The number of alkyl halides is 2. The molecule has 0 aromatic carbocycles. The van der Waals surface area contributed by atoms with E-state index in [0.29, 0.717) is 9.52 Å². The van der Waals surface area contributed by atoms with Crippen molar-refractivity contribution in [2.75, 3.05) is 6.54 Å². The summed E-state index contributed by atoms with van der Waals surface area (Å²) in [6.45, 7) is 0.744. The third kappa shape index (κ3) is 6.76. The van der Waals surface area contributed by atoms with E-state index in [1.807, 2.05) is 0 Å². The third-order valence-corrected chi connectivity index (χ3v) is 2.56. The molecule has 4 heteroatoms. The van der Waals surface area contributed by atoms with E-state index in [1.165, 1.54) is 0 Å². The summed E-state index contributed by atoms with van der Waals surface area (Å²) in [6.07, 6.45) is 1.04. The van der Waals surface area contributed by atoms with Gasteiger partial charge in [-0.25, -0.2) is 0 Å². The molecule has 8 heavy (non-hydrogen) atoms. The van der Waals surface area contributed by atoms with E-state index < -0.39 is 0 Å². The van der Waals surface area contributed by atoms with Crippen LogP contribution in [0.25, 0.3) is 0 Å². The van der Waals surface area contributed by atoms with Gasteiger partial charge in [0.05, 0.1) is 14.0 Å². The number of rotatable bonds is 4. The highest BCUT2D eigenvalue weighted by Crippen LogP contribution is 2.01. The minimum absolute atomic E-state index is 0.179. The van der Waals surface area contributed by atoms with Crippen LogP contribution in [0.5, 0.6) is 0 Å². The van der Waals surface area contributed by atoms with Gasteiger partial charge >= 0.3 is 0 Å². The van der Waals surface area contributed by atoms with Gasteiger partial charge in [-0.3, -0.25) is 0 Å². The van der Waals surface area contributed by atoms with Crippen molar-refractivity contribution in [2.24, 2.45) is 5.73 Å². The lowest BCUT2D eigenvalue weighted by Gasteiger charge is -1.95. The second kappa shape index (κ2) is 5.89. The minimum atomic E-state index is -0.179. The molecule has 0 aliphatic rings. The van der Waals surface area contributed by atoms with Crippen molar-refractivity contribution in [1.82, 2.24) is 0 Å². The van der Waals surface area contributed by atoms with Crippen molar-refractivity contribution >= 4 is 32.7 Å². The smallest absolute Gasteiger partial charge is 0.0929 e. The third-order valence-electron chi connectivity index (χ3n) is 0.680. The van der Waals surface area contributed by atoms with Gasteiger partial charge in [-0.1, -0.05) is 6.04 Å². The molecule has 0 fully saturated rings. The molecule has 0 rings (SSSR count). The zero-order valence-electron chi connectivity index (χ0n) is 4.53. The molecule has 2 N–H and O–H groups in total. The summed E-state index contributed by atoms with van der Waals surface area (Å²) in [6, 6.07) is 1.06. The van der Waals surface area contributed by atoms with Crippen LogP contribution in [-0.4, -0.2) is 20.5 Å². The first-order valence-electron chi connectivity index (χ1n) is 2.49. The first-order valence-corrected chi connectivity index (χ1v) is 4.64. The predicted molar refractivity (Wildman–Crippen MR) is 39.7 cm³/mol. The normalized spacial score (nSPS) is 10.5. The first kappa shape index (κ1) is 8.76. The van der Waals surface area contributed by atoms with Gasteiger partial charge in [-0.15, -0.1) is 23.2 Å². The maximum absolute atomic E-state index is 5.45. The Morgan fingerprint density at radius 3 is 2.50 bits per heavy atom. The Hall–Kier alpha value is 0.757. The van der Waals surface area contributed by atoms with Gasteiger partial charge in [0.1, 0.15) is 0 Å². The Kier molecular flexibility index (Phi) is 6.44. The van der Waals surface area contributed by atoms with Crippen LogP contribution in [0.15, 0.2) is 0 Å². The Morgan fingerprint density at radius 2 is 2.12 bits per heavy atom. The minimum Gasteiger partial charge on any atom is -0.330 e. The Balaban J connectivity index is 2.72. The van der Waals surface area contributed by atoms with Crippen LogP contribution in [-0.2, 0) is 0 Å². The Bertz CT molecular complexity index is 51.3. The zero-order chi connectivity index (χ0) is 6.41. The fourth-order valence-corrected chi connectivity index (χ4v) is 1.59. The van der Waals surface area contributed by atoms with Gasteiger partial charge in [-0.05, 0) is 13.0 Å². The highest BCUT2D eigenvalue weighted by molar-refractivity contribution is 6.68. The van der Waals surface area contributed by atoms with Crippen LogP contribution in [0.1, 0.15) is 6.42 Å². The molecule has 0 saturated carbocycles. The largest absolute Gasteiger partial charge is 0.330 e. The lowest BCUT2D eigenvalue weighted by atomic mass is 10.5. The number of nitrogens with two attached hydrogens (primary N) is 1. The second-order valence-electron chi connectivity index (χ2n) is 1.40. The van der Waals surface area contributed by atoms with E-state index in [0.717, 1.165) is 19.0 Å². The van der Waals surface area contributed by atoms with E-state index >= 15 is 0 Å². The van der Waals surface area contributed by atoms with Gasteiger partial charge in [0.2, 0.25) is 0 Å². The summed E-state index contributed by atoms with van der Waals surface area (Å²) in [5, 5.41) is 0. The Labute approximate surface area is 62.4 Å². The van der Waals surface area contributed by atoms with Crippen LogP contribution in [0.2, 0.25) is 6.04 Å². The predicted octanol–water partition coefficient (Wildman–Crippen LogP) is 1.22. The molecule has 0 aromatic rings. The summed E-state index contributed by atoms with van der Waals surface area (Å²) < 4.78 is -0.179. The molecule has 0 unspecified atom stereocenters. The van der Waals surface area contributed by atoms with Crippen LogP contribution >= 0.6 is 23.2 Å². The maximum atomic E-state index is 5.45. The summed E-state index contributed by atoms with van der Waals surface area (Å²) in [7, 11) is 0.646. The lowest BCUT2D eigenvalue weighted by Crippen LogP contribution is -2.05. The quantitative estimate of drug-likeness (QED) is 0.383. The molecular weight excluding hydrogens is 161 g/mol. The number of hydrogen-bond donors (Lipinski definition) is 1. The van der Waals surface area contributed by atoms with Crippen molar-refractivity contribution in [3.63, 3.8) is 0 Å². The summed E-state index contributed by atoms with van der Waals surface area (Å²) in [4.78, 5) is 0. The molecule has 0 aromatic heterocycles. The van der Waals surface area contributed by atoms with Crippen molar-refractivity contribution < 1.29 is 0 Å². The maximum Gasteiger partial charge on any atom is 0.0929 e. The Morgan fingerprint density at radius 1 is 1.50 bits per heavy atom. The molecule has 2 radical (unpaired) electrons. The van der Waals surface area contributed by atoms with E-state index in [-0.39, 0.29) is 4.46 Å². The van der Waals surface area contributed by atoms with Gasteiger partial charge in [0, 0.05) is 0 Å². The summed E-state index contributed by atoms with van der Waals surface area (Å²) in [5.41, 5.74) is 5.23. The van der Waals surface area contributed by atoms with Gasteiger partial charge in [0.15, 0.2) is 0 Å². The average molecular weight is 170 g/mol. The van der Waals surface area contributed by atoms with Gasteiger partial charge in [-0.2, -0.15) is 0 Å². The number of hydrogen-bond acceptors (Lipinski definition) is 1. The average Bonchev–Trinajstić information content (AvgIpc) is 1.66. The van der Waals surface area contributed by atoms with Crippen LogP contribution in [0, 0.1) is 0 Å². The highest BCUT2D eigenvalue weighted by Gasteiger charge is 1.97. The molecule has 0 aliphatic carbocycles. The summed E-state index contributed by atoms with van der Waals surface area (Å²) >= 11 is 10.9. The van der Waals surface area contributed by atoms with E-state index in [2.05, 4.69) is 0 Å². The van der Waals surface area contributed by atoms with Crippen molar-refractivity contribution in [1.29, 1.82) is 0 Å². The molecule has 0 atom stereocenters. The van der Waals surface area contributed by atoms with E-state index in [4.69, 9.17) is 28.9 Å². The number of halogens is 2. The first-order chi connectivity index (χ1) is 3.77. The highest BCUT2D eigenvalue weighted by atomic mass is 35.5. The van der Waals surface area contributed by atoms with Gasteiger partial charge < -0.3 is 5.73 Å².